The molecule has 1 aromatic carbocycles. The van der Waals surface area contributed by atoms with Crippen LogP contribution in [0.5, 0.6) is 0 Å². The minimum atomic E-state index is -1.65. The summed E-state index contributed by atoms with van der Waals surface area (Å²) in [6.45, 7) is 3.45. The summed E-state index contributed by atoms with van der Waals surface area (Å²) in [6.07, 6.45) is 1.05. The van der Waals surface area contributed by atoms with Gasteiger partial charge in [0.2, 0.25) is 0 Å². The second-order valence-corrected chi connectivity index (χ2v) is 9.72. The Morgan fingerprint density at radius 2 is 1.89 bits per heavy atom. The lowest BCUT2D eigenvalue weighted by Crippen LogP contribution is -2.74. The van der Waals surface area contributed by atoms with Gasteiger partial charge < -0.3 is 33.5 Å². The summed E-state index contributed by atoms with van der Waals surface area (Å²) in [4.78, 5) is 26.6. The molecule has 2 aliphatic carbocycles. The lowest BCUT2D eigenvalue weighted by molar-refractivity contribution is -0.285. The fourth-order valence-electron chi connectivity index (χ4n) is 6.22. The molecule has 0 aromatic heterocycles. The number of hydrogen-bond acceptors (Lipinski definition) is 8. The van der Waals surface area contributed by atoms with Crippen molar-refractivity contribution in [1.29, 1.82) is 0 Å². The number of hydrogen-bond donors (Lipinski definition) is 1. The van der Waals surface area contributed by atoms with Crippen molar-refractivity contribution in [2.45, 2.75) is 51.1 Å². The maximum atomic E-state index is 13.3. The first-order valence-electron chi connectivity index (χ1n) is 11.8. The zero-order chi connectivity index (χ0) is 25.3. The monoisotopic (exact) mass is 490 g/mol. The quantitative estimate of drug-likeness (QED) is 0.284. The van der Waals surface area contributed by atoms with Crippen molar-refractivity contribution in [3.63, 3.8) is 0 Å². The number of carbonyl (C=O) groups is 2. The predicted octanol–water partition coefficient (Wildman–Crippen LogP) is 2.92. The van der Waals surface area contributed by atoms with E-state index >= 15 is 0 Å². The summed E-state index contributed by atoms with van der Waals surface area (Å²) in [5.41, 5.74) is -2.48. The molecule has 2 bridgehead atoms. The van der Waals surface area contributed by atoms with Gasteiger partial charge in [0.25, 0.3) is 0 Å². The molecule has 35 heavy (non-hydrogen) atoms. The first-order valence-corrected chi connectivity index (χ1v) is 11.8. The molecule has 1 aliphatic heterocycles. The fraction of sp³-hybridized carbons (Fsp3) is 0.615. The highest BCUT2D eigenvalue weighted by Crippen LogP contribution is 2.67. The van der Waals surface area contributed by atoms with Gasteiger partial charge in [0.05, 0.1) is 13.2 Å². The summed E-state index contributed by atoms with van der Waals surface area (Å²) < 4.78 is 34.2. The number of methoxy groups -OCH3 is 2. The van der Waals surface area contributed by atoms with Crippen LogP contribution in [0.15, 0.2) is 42.0 Å². The van der Waals surface area contributed by atoms with Gasteiger partial charge in [-0.1, -0.05) is 43.3 Å². The summed E-state index contributed by atoms with van der Waals surface area (Å²) >= 11 is 0. The third-order valence-electron chi connectivity index (χ3n) is 8.07. The molecule has 0 amide bonds. The number of carbonyl (C=O) groups excluding carboxylic acids is 1. The van der Waals surface area contributed by atoms with Gasteiger partial charge >= 0.3 is 11.9 Å². The Kier molecular flexibility index (Phi) is 7.36. The molecule has 1 heterocycles. The molecular weight excluding hydrogens is 456 g/mol. The number of carboxylic acids is 1. The van der Waals surface area contributed by atoms with Crippen LogP contribution in [0.25, 0.3) is 0 Å². The van der Waals surface area contributed by atoms with Crippen molar-refractivity contribution in [3.05, 3.63) is 47.5 Å². The molecule has 1 aromatic rings. The van der Waals surface area contributed by atoms with Gasteiger partial charge in [-0.3, -0.25) is 4.79 Å². The second kappa shape index (κ2) is 9.99. The molecule has 192 valence electrons. The molecule has 1 saturated heterocycles. The molecule has 2 fully saturated rings. The molecule has 4 rings (SSSR count). The lowest BCUT2D eigenvalue weighted by Gasteiger charge is -2.62. The summed E-state index contributed by atoms with van der Waals surface area (Å²) in [7, 11) is 2.93. The van der Waals surface area contributed by atoms with E-state index < -0.39 is 40.6 Å². The highest BCUT2D eigenvalue weighted by molar-refractivity contribution is 5.86. The largest absolute Gasteiger partial charge is 0.480 e. The predicted molar refractivity (Wildman–Crippen MR) is 123 cm³/mol. The summed E-state index contributed by atoms with van der Waals surface area (Å²) in [6, 6.07) is 9.53. The zero-order valence-corrected chi connectivity index (χ0v) is 20.7. The van der Waals surface area contributed by atoms with Gasteiger partial charge in [0.1, 0.15) is 30.7 Å². The van der Waals surface area contributed by atoms with Crippen LogP contribution in [-0.4, -0.2) is 69.3 Å². The van der Waals surface area contributed by atoms with Gasteiger partial charge in [0, 0.05) is 26.1 Å². The normalized spacial score (nSPS) is 35.8. The number of allylic oxidation sites excluding steroid dienone is 1. The van der Waals surface area contributed by atoms with E-state index in [1.165, 1.54) is 14.2 Å². The van der Waals surface area contributed by atoms with E-state index in [1.807, 2.05) is 43.3 Å². The van der Waals surface area contributed by atoms with Crippen LogP contribution in [0.3, 0.4) is 0 Å². The van der Waals surface area contributed by atoms with Gasteiger partial charge in [-0.05, 0) is 30.4 Å². The molecule has 6 atom stereocenters. The van der Waals surface area contributed by atoms with E-state index in [0.717, 1.165) is 5.56 Å². The second-order valence-electron chi connectivity index (χ2n) is 9.72. The molecule has 0 unspecified atom stereocenters. The molecule has 0 radical (unpaired) electrons. The molecule has 1 spiro atoms. The van der Waals surface area contributed by atoms with E-state index in [9.17, 15) is 14.7 Å². The summed E-state index contributed by atoms with van der Waals surface area (Å²) in [5, 5.41) is 10.9. The van der Waals surface area contributed by atoms with Gasteiger partial charge in [-0.2, -0.15) is 0 Å². The van der Waals surface area contributed by atoms with Crippen LogP contribution in [0.4, 0.5) is 0 Å². The number of rotatable bonds is 11. The first-order chi connectivity index (χ1) is 16.8. The Morgan fingerprint density at radius 3 is 2.54 bits per heavy atom. The number of esters is 1. The Labute approximate surface area is 205 Å². The minimum absolute atomic E-state index is 0.0606. The van der Waals surface area contributed by atoms with Gasteiger partial charge in [-0.15, -0.1) is 0 Å². The van der Waals surface area contributed by atoms with Gasteiger partial charge in [0.15, 0.2) is 6.10 Å². The number of ether oxygens (including phenoxy) is 6. The van der Waals surface area contributed by atoms with Crippen molar-refractivity contribution in [2.24, 2.45) is 16.7 Å². The maximum absolute atomic E-state index is 13.3. The molecule has 1 saturated carbocycles. The minimum Gasteiger partial charge on any atom is -0.480 e. The van der Waals surface area contributed by atoms with Crippen LogP contribution in [0.1, 0.15) is 32.3 Å². The Morgan fingerprint density at radius 1 is 1.17 bits per heavy atom. The van der Waals surface area contributed by atoms with Crippen molar-refractivity contribution < 1.29 is 43.1 Å². The smallest absolute Gasteiger partial charge is 0.336 e. The molecule has 3 aliphatic rings. The van der Waals surface area contributed by atoms with Gasteiger partial charge in [-0.25, -0.2) is 4.79 Å². The van der Waals surface area contributed by atoms with Crippen molar-refractivity contribution in [1.82, 2.24) is 0 Å². The van der Waals surface area contributed by atoms with E-state index in [4.69, 9.17) is 28.4 Å². The number of fused-ring (bicyclic) bond motifs is 1. The number of benzene rings is 1. The highest BCUT2D eigenvalue weighted by Gasteiger charge is 2.76. The van der Waals surface area contributed by atoms with E-state index in [-0.39, 0.29) is 32.7 Å². The third-order valence-corrected chi connectivity index (χ3v) is 8.07. The first kappa shape index (κ1) is 25.8. The van der Waals surface area contributed by atoms with Crippen molar-refractivity contribution >= 4 is 11.9 Å². The zero-order valence-electron chi connectivity index (χ0n) is 20.7. The topological polar surface area (TPSA) is 110 Å². The number of aliphatic carboxylic acids is 1. The Bertz CT molecular complexity index is 963. The van der Waals surface area contributed by atoms with Crippen LogP contribution >= 0.6 is 0 Å². The van der Waals surface area contributed by atoms with E-state index in [1.54, 1.807) is 6.92 Å². The average molecular weight is 491 g/mol. The standard InChI is InChI=1S/C26H34O9/c1-17-10-11-19-25(17)12-20(35-22(27)21(25)33-15-30-3)24(2,34-16-31-4)26(19,23(28)29)14-32-13-18-8-6-5-7-9-18/h5-9,11,17,20-21H,10,12-16H2,1-4H3,(H,28,29)/t17-,20-,21+,24+,25-,26+/m1/s1. The summed E-state index contributed by atoms with van der Waals surface area (Å²) in [5.74, 6) is -1.72. The van der Waals surface area contributed by atoms with Crippen LogP contribution in [0, 0.1) is 16.7 Å². The fourth-order valence-corrected chi connectivity index (χ4v) is 6.22. The average Bonchev–Trinajstić information content (AvgIpc) is 3.16. The van der Waals surface area contributed by atoms with Crippen LogP contribution < -0.4 is 0 Å². The molecule has 9 heteroatoms. The molecule has 9 nitrogen and oxygen atoms in total. The molecule has 1 N–H and O–H groups in total. The van der Waals surface area contributed by atoms with E-state index in [2.05, 4.69) is 0 Å². The van der Waals surface area contributed by atoms with E-state index in [0.29, 0.717) is 18.4 Å². The molecular formula is C26H34O9. The van der Waals surface area contributed by atoms with Crippen LogP contribution in [-0.2, 0) is 44.6 Å². The lowest BCUT2D eigenvalue weighted by atomic mass is 9.48. The van der Waals surface area contributed by atoms with Crippen molar-refractivity contribution in [2.75, 3.05) is 34.4 Å². The highest BCUT2D eigenvalue weighted by atomic mass is 16.7. The SMILES string of the molecule is COCO[C@H]1C(=O)O[C@@H]2C[C@@]13C(=CC[C@H]3C)[C@@](COCc1ccccc1)(C(=O)O)[C@@]2(C)OCOC. The maximum Gasteiger partial charge on any atom is 0.336 e. The van der Waals surface area contributed by atoms with Crippen LogP contribution in [0.2, 0.25) is 0 Å². The number of carboxylic acid groups (broad SMARTS) is 1. The Balaban J connectivity index is 1.82. The van der Waals surface area contributed by atoms with Crippen molar-refractivity contribution in [3.8, 4) is 0 Å². The third kappa shape index (κ3) is 3.90. The Hall–Kier alpha value is -2.30.